The summed E-state index contributed by atoms with van der Waals surface area (Å²) in [5, 5.41) is 3.88. The van der Waals surface area contributed by atoms with Crippen molar-refractivity contribution in [3.05, 3.63) is 35.4 Å². The molecule has 0 saturated heterocycles. The predicted molar refractivity (Wildman–Crippen MR) is 101 cm³/mol. The molecule has 1 aromatic carbocycles. The van der Waals surface area contributed by atoms with Crippen LogP contribution in [0.15, 0.2) is 29.8 Å². The largest absolute Gasteiger partial charge is 0.493 e. The van der Waals surface area contributed by atoms with Gasteiger partial charge in [-0.3, -0.25) is 4.99 Å². The Balaban J connectivity index is 2.74. The van der Waals surface area contributed by atoms with Gasteiger partial charge in [0.1, 0.15) is 0 Å². The van der Waals surface area contributed by atoms with Crippen LogP contribution >= 0.6 is 11.6 Å². The number of halogens is 1. The molecule has 0 radical (unpaired) electrons. The molecule has 1 aromatic rings. The Bertz CT molecular complexity index is 561. The van der Waals surface area contributed by atoms with Crippen LogP contribution in [0, 0.1) is 0 Å². The molecule has 6 heteroatoms. The Morgan fingerprint density at radius 1 is 1.46 bits per heavy atom. The second kappa shape index (κ2) is 10.8. The van der Waals surface area contributed by atoms with Crippen LogP contribution < -0.4 is 14.8 Å². The van der Waals surface area contributed by atoms with Crippen molar-refractivity contribution in [1.82, 2.24) is 10.2 Å². The summed E-state index contributed by atoms with van der Waals surface area (Å²) in [6.45, 7) is 7.71. The third-order valence-corrected chi connectivity index (χ3v) is 3.78. The number of allylic oxidation sites excluding steroid dienone is 1. The molecule has 0 heterocycles. The minimum atomic E-state index is 0.538. The van der Waals surface area contributed by atoms with Gasteiger partial charge in [0.25, 0.3) is 0 Å². The zero-order valence-corrected chi connectivity index (χ0v) is 15.8. The van der Waals surface area contributed by atoms with Crippen molar-refractivity contribution >= 4 is 17.6 Å². The normalized spacial score (nSPS) is 11.1. The first kappa shape index (κ1) is 20.2. The fraction of sp³-hybridized carbons (Fsp3) is 0.500. The number of hydrogen-bond donors (Lipinski definition) is 1. The highest BCUT2D eigenvalue weighted by Gasteiger charge is 2.12. The first-order valence-corrected chi connectivity index (χ1v) is 8.47. The molecule has 0 atom stereocenters. The van der Waals surface area contributed by atoms with Crippen LogP contribution in [-0.4, -0.2) is 45.2 Å². The minimum absolute atomic E-state index is 0.538. The van der Waals surface area contributed by atoms with E-state index in [0.29, 0.717) is 29.7 Å². The molecule has 0 aromatic heterocycles. The van der Waals surface area contributed by atoms with E-state index in [2.05, 4.69) is 21.8 Å². The first-order valence-electron chi connectivity index (χ1n) is 8.09. The fourth-order valence-corrected chi connectivity index (χ4v) is 2.59. The molecule has 0 unspecified atom stereocenters. The third-order valence-electron chi connectivity index (χ3n) is 3.50. The van der Waals surface area contributed by atoms with E-state index in [1.807, 2.05) is 32.2 Å². The van der Waals surface area contributed by atoms with Crippen LogP contribution in [-0.2, 0) is 6.54 Å². The number of guanidine groups is 1. The van der Waals surface area contributed by atoms with Gasteiger partial charge < -0.3 is 19.7 Å². The zero-order valence-electron chi connectivity index (χ0n) is 15.1. The lowest BCUT2D eigenvalue weighted by molar-refractivity contribution is 0.311. The van der Waals surface area contributed by atoms with Crippen molar-refractivity contribution in [1.29, 1.82) is 0 Å². The SMILES string of the molecule is C=CCCCN(C)C(=NC)NCc1cc(Cl)c(OCC)c(OC)c1. The zero-order chi connectivity index (χ0) is 17.9. The first-order chi connectivity index (χ1) is 11.6. The number of unbranched alkanes of at least 4 members (excludes halogenated alkanes) is 1. The minimum Gasteiger partial charge on any atom is -0.493 e. The lowest BCUT2D eigenvalue weighted by Gasteiger charge is -2.22. The topological polar surface area (TPSA) is 46.1 Å². The quantitative estimate of drug-likeness (QED) is 0.318. The van der Waals surface area contributed by atoms with Crippen LogP contribution in [0.3, 0.4) is 0 Å². The Kier molecular flexibility index (Phi) is 9.08. The Hall–Kier alpha value is -1.88. The molecular weight excluding hydrogens is 326 g/mol. The van der Waals surface area contributed by atoms with E-state index in [1.165, 1.54) is 0 Å². The molecular formula is C18H28ClN3O2. The average molecular weight is 354 g/mol. The Morgan fingerprint density at radius 3 is 2.79 bits per heavy atom. The summed E-state index contributed by atoms with van der Waals surface area (Å²) in [4.78, 5) is 6.40. The number of benzene rings is 1. The van der Waals surface area contributed by atoms with Gasteiger partial charge in [-0.15, -0.1) is 6.58 Å². The van der Waals surface area contributed by atoms with E-state index in [-0.39, 0.29) is 0 Å². The standard InChI is InChI=1S/C18H28ClN3O2/c1-6-8-9-10-22(4)18(20-3)21-13-14-11-15(19)17(24-7-2)16(12-14)23-5/h6,11-12H,1,7-10,13H2,2-5H3,(H,20,21). The van der Waals surface area contributed by atoms with Gasteiger partial charge in [-0.1, -0.05) is 17.7 Å². The van der Waals surface area contributed by atoms with Crippen LogP contribution in [0.5, 0.6) is 11.5 Å². The van der Waals surface area contributed by atoms with Crippen molar-refractivity contribution in [3.8, 4) is 11.5 Å². The molecule has 134 valence electrons. The number of aliphatic imine (C=N–C) groups is 1. The maximum absolute atomic E-state index is 6.31. The summed E-state index contributed by atoms with van der Waals surface area (Å²) in [5.74, 6) is 2.05. The second-order valence-corrected chi connectivity index (χ2v) is 5.70. The molecule has 0 amide bonds. The van der Waals surface area contributed by atoms with Crippen molar-refractivity contribution in [2.75, 3.05) is 34.4 Å². The number of hydrogen-bond acceptors (Lipinski definition) is 3. The fourth-order valence-electron chi connectivity index (χ4n) is 2.30. The molecule has 0 spiro atoms. The molecule has 0 fully saturated rings. The molecule has 0 saturated carbocycles. The molecule has 24 heavy (non-hydrogen) atoms. The Labute approximate surface area is 150 Å². The lowest BCUT2D eigenvalue weighted by Crippen LogP contribution is -2.38. The highest BCUT2D eigenvalue weighted by Crippen LogP contribution is 2.36. The van der Waals surface area contributed by atoms with Crippen LogP contribution in [0.4, 0.5) is 0 Å². The van der Waals surface area contributed by atoms with Crippen molar-refractivity contribution < 1.29 is 9.47 Å². The number of ether oxygens (including phenoxy) is 2. The van der Waals surface area contributed by atoms with Crippen molar-refractivity contribution in [2.45, 2.75) is 26.3 Å². The highest BCUT2D eigenvalue weighted by molar-refractivity contribution is 6.32. The smallest absolute Gasteiger partial charge is 0.193 e. The second-order valence-electron chi connectivity index (χ2n) is 5.30. The summed E-state index contributed by atoms with van der Waals surface area (Å²) in [7, 11) is 5.40. The summed E-state index contributed by atoms with van der Waals surface area (Å²) < 4.78 is 10.9. The van der Waals surface area contributed by atoms with E-state index in [4.69, 9.17) is 21.1 Å². The van der Waals surface area contributed by atoms with Gasteiger partial charge in [0, 0.05) is 27.2 Å². The summed E-state index contributed by atoms with van der Waals surface area (Å²) in [6, 6.07) is 3.81. The van der Waals surface area contributed by atoms with Crippen molar-refractivity contribution in [2.24, 2.45) is 4.99 Å². The highest BCUT2D eigenvalue weighted by atomic mass is 35.5. The summed E-state index contributed by atoms with van der Waals surface area (Å²) in [5.41, 5.74) is 1.00. The number of methoxy groups -OCH3 is 1. The molecule has 0 bridgehead atoms. The van der Waals surface area contributed by atoms with Gasteiger partial charge in [-0.25, -0.2) is 0 Å². The maximum atomic E-state index is 6.31. The van der Waals surface area contributed by atoms with E-state index >= 15 is 0 Å². The van der Waals surface area contributed by atoms with E-state index in [1.54, 1.807) is 14.2 Å². The third kappa shape index (κ3) is 5.96. The molecule has 1 rings (SSSR count). The monoisotopic (exact) mass is 353 g/mol. The van der Waals surface area contributed by atoms with Gasteiger partial charge in [-0.2, -0.15) is 0 Å². The number of nitrogens with zero attached hydrogens (tertiary/aromatic N) is 2. The molecule has 5 nitrogen and oxygen atoms in total. The molecule has 0 aliphatic heterocycles. The molecule has 1 N–H and O–H groups in total. The lowest BCUT2D eigenvalue weighted by atomic mass is 10.2. The van der Waals surface area contributed by atoms with E-state index < -0.39 is 0 Å². The number of rotatable bonds is 9. The molecule has 0 aliphatic rings. The van der Waals surface area contributed by atoms with Gasteiger partial charge in [0.15, 0.2) is 17.5 Å². The van der Waals surface area contributed by atoms with E-state index in [0.717, 1.165) is 30.9 Å². The van der Waals surface area contributed by atoms with Gasteiger partial charge in [-0.05, 0) is 37.5 Å². The van der Waals surface area contributed by atoms with E-state index in [9.17, 15) is 0 Å². The summed E-state index contributed by atoms with van der Waals surface area (Å²) in [6.07, 6.45) is 3.97. The molecule has 0 aliphatic carbocycles. The van der Waals surface area contributed by atoms with Gasteiger partial charge in [0.05, 0.1) is 18.7 Å². The van der Waals surface area contributed by atoms with Gasteiger partial charge >= 0.3 is 0 Å². The van der Waals surface area contributed by atoms with Gasteiger partial charge in [0.2, 0.25) is 0 Å². The maximum Gasteiger partial charge on any atom is 0.193 e. The van der Waals surface area contributed by atoms with Crippen LogP contribution in [0.2, 0.25) is 5.02 Å². The van der Waals surface area contributed by atoms with Crippen LogP contribution in [0.1, 0.15) is 25.3 Å². The van der Waals surface area contributed by atoms with Crippen LogP contribution in [0.25, 0.3) is 0 Å². The van der Waals surface area contributed by atoms with Crippen molar-refractivity contribution in [3.63, 3.8) is 0 Å². The average Bonchev–Trinajstić information content (AvgIpc) is 2.57. The number of nitrogens with one attached hydrogen (secondary N) is 1. The Morgan fingerprint density at radius 2 is 2.21 bits per heavy atom. The summed E-state index contributed by atoms with van der Waals surface area (Å²) >= 11 is 6.31. The predicted octanol–water partition coefficient (Wildman–Crippen LogP) is 3.72.